The third-order valence-electron chi connectivity index (χ3n) is 4.84. The number of nitrogens with one attached hydrogen (secondary N) is 1. The Morgan fingerprint density at radius 3 is 2.71 bits per heavy atom. The molecule has 1 aromatic heterocycles. The van der Waals surface area contributed by atoms with E-state index in [4.69, 9.17) is 4.42 Å². The number of amides is 2. The van der Waals surface area contributed by atoms with Gasteiger partial charge in [-0.25, -0.2) is 0 Å². The SMILES string of the molecule is Cc1ccc(C)c(C(=O)Nc2nnc(C3CC(=O)N(c4ccccc4)C3)o2)c1. The van der Waals surface area contributed by atoms with E-state index < -0.39 is 0 Å². The van der Waals surface area contributed by atoms with Crippen LogP contribution in [0.25, 0.3) is 0 Å². The van der Waals surface area contributed by atoms with Crippen molar-refractivity contribution in [2.75, 3.05) is 16.8 Å². The molecule has 0 radical (unpaired) electrons. The van der Waals surface area contributed by atoms with Crippen molar-refractivity contribution in [3.8, 4) is 0 Å². The molecular formula is C21H20N4O3. The number of nitrogens with zero attached hydrogens (tertiary/aromatic N) is 3. The molecule has 1 atom stereocenters. The van der Waals surface area contributed by atoms with Gasteiger partial charge in [-0.15, -0.1) is 5.10 Å². The minimum absolute atomic E-state index is 0.00960. The lowest BCUT2D eigenvalue weighted by Crippen LogP contribution is -2.24. The standard InChI is InChI=1S/C21H20N4O3/c1-13-8-9-14(2)17(10-13)19(27)22-21-24-23-20(28-21)15-11-18(26)25(12-15)16-6-4-3-5-7-16/h3-10,15H,11-12H2,1-2H3,(H,22,24,27). The van der Waals surface area contributed by atoms with Crippen LogP contribution in [0.3, 0.4) is 0 Å². The quantitative estimate of drug-likeness (QED) is 0.753. The summed E-state index contributed by atoms with van der Waals surface area (Å²) >= 11 is 0. The van der Waals surface area contributed by atoms with Crippen LogP contribution in [0.4, 0.5) is 11.7 Å². The summed E-state index contributed by atoms with van der Waals surface area (Å²) in [6.07, 6.45) is 0.293. The van der Waals surface area contributed by atoms with E-state index in [2.05, 4.69) is 15.5 Å². The number of aromatic nitrogens is 2. The molecule has 1 aliphatic rings. The van der Waals surface area contributed by atoms with Gasteiger partial charge in [-0.3, -0.25) is 14.9 Å². The molecule has 1 saturated heterocycles. The molecule has 28 heavy (non-hydrogen) atoms. The summed E-state index contributed by atoms with van der Waals surface area (Å²) in [6.45, 7) is 4.27. The van der Waals surface area contributed by atoms with E-state index in [0.717, 1.165) is 16.8 Å². The number of hydrogen-bond donors (Lipinski definition) is 1. The minimum atomic E-state index is -0.301. The Morgan fingerprint density at radius 2 is 1.93 bits per heavy atom. The summed E-state index contributed by atoms with van der Waals surface area (Å²) in [7, 11) is 0. The van der Waals surface area contributed by atoms with Gasteiger partial charge in [-0.1, -0.05) is 41.0 Å². The van der Waals surface area contributed by atoms with Gasteiger partial charge in [-0.2, -0.15) is 0 Å². The first kappa shape index (κ1) is 17.9. The van der Waals surface area contributed by atoms with E-state index in [9.17, 15) is 9.59 Å². The molecule has 0 spiro atoms. The zero-order valence-electron chi connectivity index (χ0n) is 15.7. The van der Waals surface area contributed by atoms with E-state index in [-0.39, 0.29) is 23.7 Å². The van der Waals surface area contributed by atoms with Crippen molar-refractivity contribution in [3.05, 3.63) is 71.1 Å². The summed E-state index contributed by atoms with van der Waals surface area (Å²) in [4.78, 5) is 26.6. The van der Waals surface area contributed by atoms with Gasteiger partial charge in [-0.05, 0) is 37.6 Å². The second-order valence-electron chi connectivity index (χ2n) is 6.96. The molecule has 2 amide bonds. The zero-order chi connectivity index (χ0) is 19.7. The van der Waals surface area contributed by atoms with Crippen molar-refractivity contribution in [2.45, 2.75) is 26.2 Å². The average molecular weight is 376 g/mol. The summed E-state index contributed by atoms with van der Waals surface area (Å²) < 4.78 is 5.63. The van der Waals surface area contributed by atoms with Crippen molar-refractivity contribution < 1.29 is 14.0 Å². The zero-order valence-corrected chi connectivity index (χ0v) is 15.7. The number of carbonyl (C=O) groups is 2. The fourth-order valence-corrected chi connectivity index (χ4v) is 3.33. The monoisotopic (exact) mass is 376 g/mol. The van der Waals surface area contributed by atoms with Crippen molar-refractivity contribution in [3.63, 3.8) is 0 Å². The first-order valence-corrected chi connectivity index (χ1v) is 9.08. The van der Waals surface area contributed by atoms with Crippen LogP contribution in [0.1, 0.15) is 39.7 Å². The summed E-state index contributed by atoms with van der Waals surface area (Å²) in [6, 6.07) is 15.2. The molecule has 1 unspecified atom stereocenters. The van der Waals surface area contributed by atoms with Gasteiger partial charge in [0.05, 0.1) is 5.92 Å². The third kappa shape index (κ3) is 3.51. The smallest absolute Gasteiger partial charge is 0.322 e. The third-order valence-corrected chi connectivity index (χ3v) is 4.84. The fourth-order valence-electron chi connectivity index (χ4n) is 3.33. The van der Waals surface area contributed by atoms with E-state index >= 15 is 0 Å². The van der Waals surface area contributed by atoms with E-state index in [1.807, 2.05) is 62.4 Å². The predicted octanol–water partition coefficient (Wildman–Crippen LogP) is 3.46. The molecule has 1 N–H and O–H groups in total. The number of benzene rings is 2. The van der Waals surface area contributed by atoms with Crippen molar-refractivity contribution in [1.82, 2.24) is 10.2 Å². The van der Waals surface area contributed by atoms with Crippen molar-refractivity contribution >= 4 is 23.5 Å². The molecule has 4 rings (SSSR count). The largest absolute Gasteiger partial charge is 0.407 e. The fraction of sp³-hybridized carbons (Fsp3) is 0.238. The van der Waals surface area contributed by atoms with Gasteiger partial charge in [0.2, 0.25) is 11.8 Å². The Morgan fingerprint density at radius 1 is 1.14 bits per heavy atom. The predicted molar refractivity (Wildman–Crippen MR) is 104 cm³/mol. The molecule has 0 saturated carbocycles. The highest BCUT2D eigenvalue weighted by Gasteiger charge is 2.35. The normalized spacial score (nSPS) is 16.4. The van der Waals surface area contributed by atoms with Crippen molar-refractivity contribution in [2.24, 2.45) is 0 Å². The highest BCUT2D eigenvalue weighted by molar-refractivity contribution is 6.04. The van der Waals surface area contributed by atoms with Crippen LogP contribution in [-0.2, 0) is 4.79 Å². The molecule has 2 aromatic carbocycles. The lowest BCUT2D eigenvalue weighted by molar-refractivity contribution is -0.117. The number of anilines is 2. The van der Waals surface area contributed by atoms with Crippen LogP contribution in [0.15, 0.2) is 52.9 Å². The average Bonchev–Trinajstić information content (AvgIpc) is 3.31. The van der Waals surface area contributed by atoms with Gasteiger partial charge >= 0.3 is 6.01 Å². The number of aryl methyl sites for hydroxylation is 2. The molecule has 7 heteroatoms. The second-order valence-corrected chi connectivity index (χ2v) is 6.96. The number of hydrogen-bond acceptors (Lipinski definition) is 5. The van der Waals surface area contributed by atoms with Gasteiger partial charge < -0.3 is 9.32 Å². The molecule has 0 bridgehead atoms. The van der Waals surface area contributed by atoms with Crippen LogP contribution < -0.4 is 10.2 Å². The topological polar surface area (TPSA) is 88.3 Å². The molecule has 2 heterocycles. The maximum atomic E-state index is 12.5. The Bertz CT molecular complexity index is 1030. The van der Waals surface area contributed by atoms with Crippen LogP contribution in [0.5, 0.6) is 0 Å². The maximum absolute atomic E-state index is 12.5. The maximum Gasteiger partial charge on any atom is 0.322 e. The molecule has 7 nitrogen and oxygen atoms in total. The summed E-state index contributed by atoms with van der Waals surface area (Å²) in [5.74, 6) is -0.144. The number of para-hydroxylation sites is 1. The lowest BCUT2D eigenvalue weighted by atomic mass is 10.1. The first-order valence-electron chi connectivity index (χ1n) is 9.08. The summed E-state index contributed by atoms with van der Waals surface area (Å²) in [5.41, 5.74) is 3.26. The molecule has 142 valence electrons. The van der Waals surface area contributed by atoms with E-state index in [1.165, 1.54) is 0 Å². The highest BCUT2D eigenvalue weighted by Crippen LogP contribution is 2.31. The van der Waals surface area contributed by atoms with E-state index in [0.29, 0.717) is 24.4 Å². The van der Waals surface area contributed by atoms with Gasteiger partial charge in [0, 0.05) is 24.2 Å². The van der Waals surface area contributed by atoms with Gasteiger partial charge in [0.1, 0.15) is 0 Å². The van der Waals surface area contributed by atoms with Crippen LogP contribution >= 0.6 is 0 Å². The first-order chi connectivity index (χ1) is 13.5. The van der Waals surface area contributed by atoms with E-state index in [1.54, 1.807) is 4.90 Å². The van der Waals surface area contributed by atoms with Gasteiger partial charge in [0.15, 0.2) is 0 Å². The number of rotatable bonds is 4. The van der Waals surface area contributed by atoms with Crippen LogP contribution in [0, 0.1) is 13.8 Å². The molecule has 3 aromatic rings. The molecular weight excluding hydrogens is 356 g/mol. The van der Waals surface area contributed by atoms with Crippen molar-refractivity contribution in [1.29, 1.82) is 0 Å². The Balaban J connectivity index is 1.47. The highest BCUT2D eigenvalue weighted by atomic mass is 16.4. The Labute approximate surface area is 162 Å². The number of carbonyl (C=O) groups excluding carboxylic acids is 2. The van der Waals surface area contributed by atoms with Crippen LogP contribution in [0.2, 0.25) is 0 Å². The Hall–Kier alpha value is -3.48. The Kier molecular flexibility index (Phi) is 4.65. The summed E-state index contributed by atoms with van der Waals surface area (Å²) in [5, 5.41) is 10.6. The lowest BCUT2D eigenvalue weighted by Gasteiger charge is -2.15. The molecule has 1 aliphatic heterocycles. The van der Waals surface area contributed by atoms with Gasteiger partial charge in [0.25, 0.3) is 5.91 Å². The van der Waals surface area contributed by atoms with Crippen LogP contribution in [-0.4, -0.2) is 28.6 Å². The second kappa shape index (κ2) is 7.26. The minimum Gasteiger partial charge on any atom is -0.407 e. The molecule has 1 fully saturated rings. The molecule has 0 aliphatic carbocycles.